The van der Waals surface area contributed by atoms with Crippen LogP contribution in [-0.2, 0) is 10.7 Å². The molecule has 2 aromatic rings. The Balaban J connectivity index is 1.30. The number of pyridine rings is 2. The van der Waals surface area contributed by atoms with E-state index in [2.05, 4.69) is 14.9 Å². The van der Waals surface area contributed by atoms with E-state index in [0.29, 0.717) is 18.7 Å². The van der Waals surface area contributed by atoms with Crippen molar-refractivity contribution in [3.8, 4) is 11.9 Å². The van der Waals surface area contributed by atoms with Gasteiger partial charge in [0.2, 0.25) is 11.8 Å². The number of amides is 1. The van der Waals surface area contributed by atoms with Crippen LogP contribution in [0.2, 0.25) is 0 Å². The molecular formula is C20H19F2N5O2. The summed E-state index contributed by atoms with van der Waals surface area (Å²) in [5.41, 5.74) is 0.282. The molecule has 0 aliphatic carbocycles. The first-order valence-electron chi connectivity index (χ1n) is 9.23. The van der Waals surface area contributed by atoms with E-state index in [4.69, 9.17) is 10.00 Å². The smallest absolute Gasteiger partial charge is 0.274 e. The van der Waals surface area contributed by atoms with Crippen LogP contribution in [0.15, 0.2) is 36.7 Å². The molecule has 7 nitrogen and oxygen atoms in total. The number of rotatable bonds is 6. The summed E-state index contributed by atoms with van der Waals surface area (Å²) in [4.78, 5) is 24.2. The second kappa shape index (κ2) is 7.28. The highest BCUT2D eigenvalue weighted by molar-refractivity contribution is 5.79. The van der Waals surface area contributed by atoms with Gasteiger partial charge in [0.25, 0.3) is 5.92 Å². The van der Waals surface area contributed by atoms with Crippen LogP contribution >= 0.6 is 0 Å². The molecular weight excluding hydrogens is 380 g/mol. The second-order valence-electron chi connectivity index (χ2n) is 7.14. The summed E-state index contributed by atoms with van der Waals surface area (Å²) in [6, 6.07) is 8.13. The molecule has 9 heteroatoms. The molecule has 2 atom stereocenters. The van der Waals surface area contributed by atoms with Crippen LogP contribution in [0, 0.1) is 11.3 Å². The SMILES string of the molecule is COc1cc(C(F)(F)CCC(=O)N2CC3[C@H]2CN3c2ccc(C#N)cn2)ccn1. The average molecular weight is 399 g/mol. The summed E-state index contributed by atoms with van der Waals surface area (Å²) in [5.74, 6) is -2.52. The van der Waals surface area contributed by atoms with Crippen LogP contribution in [0.4, 0.5) is 14.6 Å². The topological polar surface area (TPSA) is 82.4 Å². The van der Waals surface area contributed by atoms with E-state index < -0.39 is 12.3 Å². The predicted octanol–water partition coefficient (Wildman–Crippen LogP) is 2.33. The fourth-order valence-electron chi connectivity index (χ4n) is 3.73. The minimum absolute atomic E-state index is 0.0367. The maximum absolute atomic E-state index is 14.5. The Morgan fingerprint density at radius 3 is 2.76 bits per heavy atom. The number of methoxy groups -OCH3 is 1. The Morgan fingerprint density at radius 1 is 1.31 bits per heavy atom. The molecule has 0 N–H and O–H groups in total. The molecule has 2 aliphatic heterocycles. The van der Waals surface area contributed by atoms with Gasteiger partial charge < -0.3 is 14.5 Å². The highest BCUT2D eigenvalue weighted by Gasteiger charge is 2.53. The molecule has 2 aliphatic rings. The first-order chi connectivity index (χ1) is 13.9. The molecule has 2 saturated heterocycles. The largest absolute Gasteiger partial charge is 0.481 e. The third-order valence-electron chi connectivity index (χ3n) is 5.52. The number of halogens is 2. The lowest BCUT2D eigenvalue weighted by atomic mass is 9.85. The van der Waals surface area contributed by atoms with E-state index in [9.17, 15) is 13.6 Å². The van der Waals surface area contributed by atoms with E-state index in [1.165, 1.54) is 31.6 Å². The quantitative estimate of drug-likeness (QED) is 0.742. The van der Waals surface area contributed by atoms with Crippen LogP contribution in [0.5, 0.6) is 5.88 Å². The normalized spacial score (nSPS) is 20.2. The van der Waals surface area contributed by atoms with E-state index in [1.54, 1.807) is 17.0 Å². The number of nitrogens with zero attached hydrogens (tertiary/aromatic N) is 5. The van der Waals surface area contributed by atoms with Crippen molar-refractivity contribution in [2.24, 2.45) is 0 Å². The number of hydrogen-bond acceptors (Lipinski definition) is 6. The van der Waals surface area contributed by atoms with E-state index >= 15 is 0 Å². The van der Waals surface area contributed by atoms with Crippen molar-refractivity contribution in [3.63, 3.8) is 0 Å². The number of nitriles is 1. The van der Waals surface area contributed by atoms with Gasteiger partial charge in [-0.15, -0.1) is 0 Å². The fraction of sp³-hybridized carbons (Fsp3) is 0.400. The van der Waals surface area contributed by atoms with Gasteiger partial charge in [-0.1, -0.05) is 0 Å². The molecule has 0 spiro atoms. The molecule has 4 rings (SSSR count). The highest BCUT2D eigenvalue weighted by Crippen LogP contribution is 2.38. The van der Waals surface area contributed by atoms with Gasteiger partial charge in [0.05, 0.1) is 24.8 Å². The zero-order valence-electron chi connectivity index (χ0n) is 15.8. The molecule has 0 radical (unpaired) electrons. The third kappa shape index (κ3) is 3.46. The number of ether oxygens (including phenoxy) is 1. The Labute approximate surface area is 166 Å². The zero-order chi connectivity index (χ0) is 20.6. The van der Waals surface area contributed by atoms with Crippen LogP contribution in [0.25, 0.3) is 0 Å². The lowest BCUT2D eigenvalue weighted by molar-refractivity contribution is -0.146. The van der Waals surface area contributed by atoms with Gasteiger partial charge in [-0.25, -0.2) is 18.7 Å². The average Bonchev–Trinajstić information content (AvgIpc) is 2.74. The van der Waals surface area contributed by atoms with Crippen molar-refractivity contribution in [2.75, 3.05) is 25.1 Å². The van der Waals surface area contributed by atoms with Gasteiger partial charge in [0, 0.05) is 50.0 Å². The van der Waals surface area contributed by atoms with Crippen molar-refractivity contribution < 1.29 is 18.3 Å². The number of carbonyl (C=O) groups excluding carboxylic acids is 1. The Bertz CT molecular complexity index is 960. The summed E-state index contributed by atoms with van der Waals surface area (Å²) in [7, 11) is 1.36. The molecule has 2 aromatic heterocycles. The lowest BCUT2D eigenvalue weighted by Crippen LogP contribution is -2.80. The van der Waals surface area contributed by atoms with Gasteiger partial charge >= 0.3 is 0 Å². The fourth-order valence-corrected chi connectivity index (χ4v) is 3.73. The minimum atomic E-state index is -3.13. The Morgan fingerprint density at radius 2 is 2.14 bits per heavy atom. The predicted molar refractivity (Wildman–Crippen MR) is 99.5 cm³/mol. The van der Waals surface area contributed by atoms with Crippen molar-refractivity contribution >= 4 is 11.7 Å². The van der Waals surface area contributed by atoms with Crippen molar-refractivity contribution in [1.82, 2.24) is 14.9 Å². The van der Waals surface area contributed by atoms with E-state index in [0.717, 1.165) is 5.82 Å². The summed E-state index contributed by atoms with van der Waals surface area (Å²) in [6.07, 6.45) is 1.99. The van der Waals surface area contributed by atoms with Gasteiger partial charge in [0.15, 0.2) is 0 Å². The number of hydrogen-bond donors (Lipinski definition) is 0. The minimum Gasteiger partial charge on any atom is -0.481 e. The monoisotopic (exact) mass is 399 g/mol. The number of aromatic nitrogens is 2. The lowest BCUT2D eigenvalue weighted by Gasteiger charge is -2.62. The van der Waals surface area contributed by atoms with Crippen LogP contribution in [0.3, 0.4) is 0 Å². The zero-order valence-corrected chi connectivity index (χ0v) is 15.8. The summed E-state index contributed by atoms with van der Waals surface area (Å²) in [5, 5.41) is 8.84. The molecule has 4 heterocycles. The standard InChI is InChI=1S/C20H19F2N5O2/c1-29-18-8-14(5-7-24-18)20(21,22)6-4-19(28)27-12-15-16(27)11-26(15)17-3-2-13(9-23)10-25-17/h2-3,5,7-8,10,15-16H,4,6,11-12H2,1H3/t15?,16-/m1/s1. The first kappa shape index (κ1) is 19.1. The number of carbonyl (C=O) groups is 1. The van der Waals surface area contributed by atoms with Crippen LogP contribution in [0.1, 0.15) is 24.0 Å². The highest BCUT2D eigenvalue weighted by atomic mass is 19.3. The third-order valence-corrected chi connectivity index (χ3v) is 5.52. The maximum Gasteiger partial charge on any atom is 0.274 e. The van der Waals surface area contributed by atoms with Crippen molar-refractivity contribution in [2.45, 2.75) is 30.8 Å². The van der Waals surface area contributed by atoms with Crippen molar-refractivity contribution in [3.05, 3.63) is 47.8 Å². The van der Waals surface area contributed by atoms with E-state index in [1.807, 2.05) is 6.07 Å². The van der Waals surface area contributed by atoms with Crippen LogP contribution in [-0.4, -0.2) is 53.1 Å². The molecule has 1 amide bonds. The van der Waals surface area contributed by atoms with Gasteiger partial charge in [-0.3, -0.25) is 4.79 Å². The summed E-state index contributed by atoms with van der Waals surface area (Å²) < 4.78 is 33.8. The van der Waals surface area contributed by atoms with Crippen LogP contribution < -0.4 is 9.64 Å². The summed E-state index contributed by atoms with van der Waals surface area (Å²) >= 11 is 0. The van der Waals surface area contributed by atoms with E-state index in [-0.39, 0.29) is 35.9 Å². The van der Waals surface area contributed by atoms with Crippen molar-refractivity contribution in [1.29, 1.82) is 5.26 Å². The molecule has 150 valence electrons. The van der Waals surface area contributed by atoms with Gasteiger partial charge in [0.1, 0.15) is 11.9 Å². The molecule has 2 fully saturated rings. The Kier molecular flexibility index (Phi) is 4.78. The maximum atomic E-state index is 14.5. The van der Waals surface area contributed by atoms with Gasteiger partial charge in [-0.2, -0.15) is 5.26 Å². The molecule has 0 saturated carbocycles. The number of likely N-dealkylation sites (tertiary alicyclic amines) is 1. The molecule has 0 aromatic carbocycles. The Hall–Kier alpha value is -3.28. The molecule has 29 heavy (non-hydrogen) atoms. The number of piperazine rings is 1. The number of fused-ring (bicyclic) bond motifs is 1. The summed E-state index contributed by atoms with van der Waals surface area (Å²) in [6.45, 7) is 1.12. The molecule has 0 bridgehead atoms. The van der Waals surface area contributed by atoms with Gasteiger partial charge in [-0.05, 0) is 18.2 Å². The number of alkyl halides is 2. The molecule has 1 unspecified atom stereocenters. The second-order valence-corrected chi connectivity index (χ2v) is 7.14. The first-order valence-corrected chi connectivity index (χ1v) is 9.23. The number of anilines is 1.